The summed E-state index contributed by atoms with van der Waals surface area (Å²) in [5, 5.41) is 6.27. The summed E-state index contributed by atoms with van der Waals surface area (Å²) in [5.74, 6) is 0.822. The van der Waals surface area contributed by atoms with Crippen molar-refractivity contribution in [3.63, 3.8) is 0 Å². The molecule has 0 aliphatic carbocycles. The standard InChI is InChI=1S/C25H26N6O5S/c1-34-23-28-22(29-24(30-23)35-2)16-5-3-4-15(10-16)12-26-9-8-18-13-31(25(33)36-18)17-6-7-20-19(11-17)27-21(32)14-37-20/h3-7,10-11,18,26H,8-9,12-14H2,1-2H3,(H,27,32). The molecule has 1 fully saturated rings. The smallest absolute Gasteiger partial charge is 0.414 e. The number of hydrogen-bond acceptors (Lipinski definition) is 10. The Labute approximate surface area is 217 Å². The number of thioether (sulfide) groups is 1. The molecule has 2 N–H and O–H groups in total. The van der Waals surface area contributed by atoms with Crippen LogP contribution in [-0.4, -0.2) is 66.1 Å². The van der Waals surface area contributed by atoms with E-state index >= 15 is 0 Å². The molecular formula is C25H26N6O5S. The van der Waals surface area contributed by atoms with Crippen molar-refractivity contribution in [3.8, 4) is 23.4 Å². The van der Waals surface area contributed by atoms with E-state index in [-0.39, 0.29) is 30.1 Å². The molecule has 5 rings (SSSR count). The largest absolute Gasteiger partial charge is 0.467 e. The van der Waals surface area contributed by atoms with Crippen LogP contribution in [0.25, 0.3) is 11.4 Å². The minimum Gasteiger partial charge on any atom is -0.467 e. The Morgan fingerprint density at radius 1 is 1.11 bits per heavy atom. The van der Waals surface area contributed by atoms with Gasteiger partial charge in [-0.05, 0) is 42.8 Å². The molecule has 12 heteroatoms. The summed E-state index contributed by atoms with van der Waals surface area (Å²) in [5.41, 5.74) is 3.31. The molecule has 1 atom stereocenters. The van der Waals surface area contributed by atoms with Crippen molar-refractivity contribution in [1.29, 1.82) is 0 Å². The molecule has 192 valence electrons. The molecule has 2 aliphatic rings. The number of carbonyl (C=O) groups is 2. The van der Waals surface area contributed by atoms with Crippen molar-refractivity contribution in [2.24, 2.45) is 0 Å². The summed E-state index contributed by atoms with van der Waals surface area (Å²) in [7, 11) is 2.98. The fourth-order valence-electron chi connectivity index (χ4n) is 4.09. The molecule has 0 radical (unpaired) electrons. The normalized spacial score (nSPS) is 16.7. The molecule has 37 heavy (non-hydrogen) atoms. The molecule has 3 aromatic rings. The molecular weight excluding hydrogens is 496 g/mol. The lowest BCUT2D eigenvalue weighted by molar-refractivity contribution is -0.113. The number of nitrogens with one attached hydrogen (secondary N) is 2. The van der Waals surface area contributed by atoms with Gasteiger partial charge in [-0.1, -0.05) is 18.2 Å². The molecule has 2 aliphatic heterocycles. The fraction of sp³-hybridized carbons (Fsp3) is 0.320. The van der Waals surface area contributed by atoms with E-state index in [0.717, 1.165) is 21.7 Å². The molecule has 1 unspecified atom stereocenters. The Hall–Kier alpha value is -3.90. The Morgan fingerprint density at radius 2 is 1.92 bits per heavy atom. The third-order valence-corrected chi connectivity index (χ3v) is 6.97. The highest BCUT2D eigenvalue weighted by Gasteiger charge is 2.32. The van der Waals surface area contributed by atoms with Crippen molar-refractivity contribution < 1.29 is 23.8 Å². The summed E-state index contributed by atoms with van der Waals surface area (Å²) in [6.07, 6.45) is 0.0635. The van der Waals surface area contributed by atoms with Crippen molar-refractivity contribution in [1.82, 2.24) is 20.3 Å². The van der Waals surface area contributed by atoms with E-state index < -0.39 is 0 Å². The number of fused-ring (bicyclic) bond motifs is 1. The van der Waals surface area contributed by atoms with Gasteiger partial charge in [0.15, 0.2) is 5.82 Å². The number of methoxy groups -OCH3 is 2. The molecule has 0 spiro atoms. The highest BCUT2D eigenvalue weighted by molar-refractivity contribution is 8.00. The van der Waals surface area contributed by atoms with E-state index in [1.165, 1.54) is 26.0 Å². The highest BCUT2D eigenvalue weighted by Crippen LogP contribution is 2.35. The van der Waals surface area contributed by atoms with E-state index in [0.29, 0.717) is 43.3 Å². The predicted molar refractivity (Wildman–Crippen MR) is 138 cm³/mol. The molecule has 0 saturated carbocycles. The van der Waals surface area contributed by atoms with Crippen molar-refractivity contribution in [2.75, 3.05) is 43.3 Å². The van der Waals surface area contributed by atoms with E-state index in [4.69, 9.17) is 14.2 Å². The van der Waals surface area contributed by atoms with Crippen molar-refractivity contribution in [2.45, 2.75) is 24.0 Å². The van der Waals surface area contributed by atoms with Gasteiger partial charge in [0.1, 0.15) is 6.10 Å². The van der Waals surface area contributed by atoms with Crippen molar-refractivity contribution in [3.05, 3.63) is 48.0 Å². The van der Waals surface area contributed by atoms with Crippen LogP contribution in [0.5, 0.6) is 12.0 Å². The molecule has 11 nitrogen and oxygen atoms in total. The van der Waals surface area contributed by atoms with Crippen LogP contribution in [0.3, 0.4) is 0 Å². The van der Waals surface area contributed by atoms with Crippen LogP contribution in [0.15, 0.2) is 47.4 Å². The number of hydrogen-bond donors (Lipinski definition) is 2. The first-order valence-electron chi connectivity index (χ1n) is 11.7. The number of cyclic esters (lactones) is 1. The highest BCUT2D eigenvalue weighted by atomic mass is 32.2. The lowest BCUT2D eigenvalue weighted by Gasteiger charge is -2.20. The second-order valence-corrected chi connectivity index (χ2v) is 9.45. The van der Waals surface area contributed by atoms with Gasteiger partial charge in [0.2, 0.25) is 5.91 Å². The summed E-state index contributed by atoms with van der Waals surface area (Å²) in [6.45, 7) is 1.75. The summed E-state index contributed by atoms with van der Waals surface area (Å²) in [6, 6.07) is 13.9. The van der Waals surface area contributed by atoms with Gasteiger partial charge < -0.3 is 24.8 Å². The summed E-state index contributed by atoms with van der Waals surface area (Å²) >= 11 is 1.49. The number of nitrogens with zero attached hydrogens (tertiary/aromatic N) is 4. The van der Waals surface area contributed by atoms with Crippen LogP contribution >= 0.6 is 11.8 Å². The van der Waals surface area contributed by atoms with Gasteiger partial charge in [-0.25, -0.2) is 4.79 Å². The van der Waals surface area contributed by atoms with Gasteiger partial charge >= 0.3 is 18.1 Å². The first-order chi connectivity index (χ1) is 18.0. The van der Waals surface area contributed by atoms with Crippen LogP contribution in [0.1, 0.15) is 12.0 Å². The topological polar surface area (TPSA) is 128 Å². The third-order valence-electron chi connectivity index (χ3n) is 5.90. The maximum absolute atomic E-state index is 12.5. The number of ether oxygens (including phenoxy) is 3. The first-order valence-corrected chi connectivity index (χ1v) is 12.7. The summed E-state index contributed by atoms with van der Waals surface area (Å²) in [4.78, 5) is 39.4. The molecule has 3 heterocycles. The van der Waals surface area contributed by atoms with E-state index in [9.17, 15) is 9.59 Å². The number of amides is 2. The second kappa shape index (κ2) is 11.0. The predicted octanol–water partition coefficient (Wildman–Crippen LogP) is 3.11. The first kappa shape index (κ1) is 24.8. The maximum Gasteiger partial charge on any atom is 0.414 e. The van der Waals surface area contributed by atoms with E-state index in [1.807, 2.05) is 42.5 Å². The monoisotopic (exact) mass is 522 g/mol. The average Bonchev–Trinajstić information content (AvgIpc) is 3.30. The molecule has 2 amide bonds. The van der Waals surface area contributed by atoms with Crippen LogP contribution in [0.4, 0.5) is 16.2 Å². The van der Waals surface area contributed by atoms with Gasteiger partial charge in [0.05, 0.1) is 32.2 Å². The zero-order valence-electron chi connectivity index (χ0n) is 20.4. The second-order valence-electron chi connectivity index (χ2n) is 8.43. The molecule has 0 bridgehead atoms. The van der Waals surface area contributed by atoms with Crippen LogP contribution in [0, 0.1) is 0 Å². The van der Waals surface area contributed by atoms with E-state index in [1.54, 1.807) is 4.90 Å². The Balaban J connectivity index is 1.14. The minimum atomic E-state index is -0.379. The van der Waals surface area contributed by atoms with Crippen molar-refractivity contribution >= 4 is 35.1 Å². The van der Waals surface area contributed by atoms with Gasteiger partial charge in [0.25, 0.3) is 0 Å². The molecule has 2 aromatic carbocycles. The van der Waals surface area contributed by atoms with Gasteiger partial charge in [0, 0.05) is 22.7 Å². The number of aromatic nitrogens is 3. The van der Waals surface area contributed by atoms with E-state index in [2.05, 4.69) is 25.6 Å². The average molecular weight is 523 g/mol. The number of anilines is 2. The fourth-order valence-corrected chi connectivity index (χ4v) is 4.88. The number of benzene rings is 2. The Kier molecular flexibility index (Phi) is 7.37. The number of carbonyl (C=O) groups excluding carboxylic acids is 2. The van der Waals surface area contributed by atoms with Gasteiger partial charge in [-0.15, -0.1) is 16.7 Å². The SMILES string of the molecule is COc1nc(OC)nc(-c2cccc(CNCCC3CN(c4ccc5c(c4)NC(=O)CS5)C(=O)O3)c2)n1. The summed E-state index contributed by atoms with van der Waals surface area (Å²) < 4.78 is 15.9. The quantitative estimate of drug-likeness (QED) is 0.405. The minimum absolute atomic E-state index is 0.0408. The Bertz CT molecular complexity index is 1300. The van der Waals surface area contributed by atoms with Crippen LogP contribution in [0.2, 0.25) is 0 Å². The van der Waals surface area contributed by atoms with Gasteiger partial charge in [-0.2, -0.15) is 9.97 Å². The van der Waals surface area contributed by atoms with Crippen LogP contribution in [-0.2, 0) is 16.1 Å². The van der Waals surface area contributed by atoms with Gasteiger partial charge in [-0.3, -0.25) is 9.69 Å². The molecule has 1 saturated heterocycles. The Morgan fingerprint density at radius 3 is 2.70 bits per heavy atom. The number of rotatable bonds is 9. The zero-order valence-corrected chi connectivity index (χ0v) is 21.2. The zero-order chi connectivity index (χ0) is 25.8. The maximum atomic E-state index is 12.5. The third kappa shape index (κ3) is 5.75. The molecule has 1 aromatic heterocycles. The lowest BCUT2D eigenvalue weighted by atomic mass is 10.1. The lowest BCUT2D eigenvalue weighted by Crippen LogP contribution is -2.26. The van der Waals surface area contributed by atoms with Crippen LogP contribution < -0.4 is 25.0 Å².